The van der Waals surface area contributed by atoms with E-state index in [0.717, 1.165) is 0 Å². The van der Waals surface area contributed by atoms with Crippen molar-refractivity contribution in [2.45, 2.75) is 0 Å². The molecule has 0 aromatic heterocycles. The molecule has 0 aliphatic heterocycles. The smallest absolute Gasteiger partial charge is 0.225 e. The molecule has 0 rings (SSSR count). The summed E-state index contributed by atoms with van der Waals surface area (Å²) in [5.41, 5.74) is 4.61. The molecule has 56 valence electrons. The molecule has 0 unspecified atom stereocenters. The van der Waals surface area contributed by atoms with Crippen molar-refractivity contribution in [3.05, 3.63) is 12.7 Å². The second-order valence-corrected chi connectivity index (χ2v) is 1.79. The fourth-order valence-corrected chi connectivity index (χ4v) is 0.446. The topological polar surface area (TPSA) is 53.2 Å². The standard InChI is InChI=1S/C5H9N3OS/c1-2-3-6-5(10)8-7-4-9/h2,4H,1,3H2,(H,7,9)(H2,6,8,10). The highest BCUT2D eigenvalue weighted by molar-refractivity contribution is 7.80. The predicted molar refractivity (Wildman–Crippen MR) is 43.1 cm³/mol. The fraction of sp³-hybridized carbons (Fsp3) is 0.200. The first-order valence-corrected chi connectivity index (χ1v) is 3.06. The zero-order valence-corrected chi connectivity index (χ0v) is 6.20. The molecule has 0 saturated carbocycles. The van der Waals surface area contributed by atoms with Gasteiger partial charge >= 0.3 is 0 Å². The molecule has 0 aromatic carbocycles. The minimum atomic E-state index is 0.368. The first kappa shape index (κ1) is 8.90. The van der Waals surface area contributed by atoms with Gasteiger partial charge in [-0.1, -0.05) is 6.08 Å². The summed E-state index contributed by atoms with van der Waals surface area (Å²) in [7, 11) is 0. The van der Waals surface area contributed by atoms with Crippen LogP contribution in [0.5, 0.6) is 0 Å². The highest BCUT2D eigenvalue weighted by atomic mass is 32.1. The lowest BCUT2D eigenvalue weighted by atomic mass is 10.6. The minimum absolute atomic E-state index is 0.368. The van der Waals surface area contributed by atoms with Gasteiger partial charge in [-0.05, 0) is 12.2 Å². The van der Waals surface area contributed by atoms with Crippen molar-refractivity contribution >= 4 is 23.7 Å². The van der Waals surface area contributed by atoms with E-state index in [1.165, 1.54) is 0 Å². The molecule has 0 aliphatic carbocycles. The van der Waals surface area contributed by atoms with Crippen molar-refractivity contribution in [2.24, 2.45) is 0 Å². The van der Waals surface area contributed by atoms with Crippen LogP contribution in [0.25, 0.3) is 0 Å². The fourth-order valence-electron chi connectivity index (χ4n) is 0.304. The maximum absolute atomic E-state index is 9.70. The zero-order valence-electron chi connectivity index (χ0n) is 5.39. The molecular formula is C5H9N3OS. The van der Waals surface area contributed by atoms with Crippen LogP contribution in [-0.2, 0) is 4.79 Å². The minimum Gasteiger partial charge on any atom is -0.358 e. The summed E-state index contributed by atoms with van der Waals surface area (Å²) < 4.78 is 0. The Labute approximate surface area is 64.6 Å². The summed E-state index contributed by atoms with van der Waals surface area (Å²) in [6.07, 6.45) is 2.16. The van der Waals surface area contributed by atoms with Crippen molar-refractivity contribution in [2.75, 3.05) is 6.54 Å². The van der Waals surface area contributed by atoms with E-state index in [-0.39, 0.29) is 0 Å². The van der Waals surface area contributed by atoms with Gasteiger partial charge in [0.05, 0.1) is 0 Å². The Kier molecular flexibility index (Phi) is 5.36. The highest BCUT2D eigenvalue weighted by Crippen LogP contribution is 1.62. The Hall–Kier alpha value is -1.10. The average Bonchev–Trinajstić information content (AvgIpc) is 1.97. The van der Waals surface area contributed by atoms with Gasteiger partial charge in [-0.25, -0.2) is 0 Å². The van der Waals surface area contributed by atoms with E-state index in [4.69, 9.17) is 12.2 Å². The number of rotatable bonds is 4. The van der Waals surface area contributed by atoms with Crippen LogP contribution in [-0.4, -0.2) is 18.1 Å². The summed E-state index contributed by atoms with van der Waals surface area (Å²) in [4.78, 5) is 9.70. The number of amides is 1. The predicted octanol–water partition coefficient (Wildman–Crippen LogP) is -0.703. The Morgan fingerprint density at radius 2 is 2.40 bits per heavy atom. The van der Waals surface area contributed by atoms with Crippen LogP contribution in [0.4, 0.5) is 0 Å². The van der Waals surface area contributed by atoms with Gasteiger partial charge in [0, 0.05) is 6.54 Å². The van der Waals surface area contributed by atoms with Gasteiger partial charge in [-0.15, -0.1) is 6.58 Å². The largest absolute Gasteiger partial charge is 0.358 e. The molecule has 0 radical (unpaired) electrons. The van der Waals surface area contributed by atoms with Crippen LogP contribution >= 0.6 is 12.2 Å². The van der Waals surface area contributed by atoms with E-state index in [0.29, 0.717) is 18.1 Å². The lowest BCUT2D eigenvalue weighted by molar-refractivity contribution is -0.110. The number of carbonyl (C=O) groups is 1. The summed E-state index contributed by atoms with van der Waals surface area (Å²) in [6, 6.07) is 0. The SMILES string of the molecule is C=CCNC(=S)NNC=O. The molecule has 10 heavy (non-hydrogen) atoms. The van der Waals surface area contributed by atoms with E-state index in [2.05, 4.69) is 22.7 Å². The van der Waals surface area contributed by atoms with Crippen molar-refractivity contribution in [3.63, 3.8) is 0 Å². The van der Waals surface area contributed by atoms with Crippen LogP contribution in [0, 0.1) is 0 Å². The molecule has 0 bridgehead atoms. The summed E-state index contributed by atoms with van der Waals surface area (Å²) >= 11 is 4.69. The molecular weight excluding hydrogens is 150 g/mol. The monoisotopic (exact) mass is 159 g/mol. The number of hydrogen-bond acceptors (Lipinski definition) is 2. The molecule has 4 nitrogen and oxygen atoms in total. The van der Waals surface area contributed by atoms with Gasteiger partial charge in [0.25, 0.3) is 0 Å². The Bertz CT molecular complexity index is 123. The van der Waals surface area contributed by atoms with Crippen molar-refractivity contribution in [1.82, 2.24) is 16.2 Å². The maximum atomic E-state index is 9.70. The molecule has 0 heterocycles. The number of hydrazine groups is 1. The van der Waals surface area contributed by atoms with Gasteiger partial charge in [-0.2, -0.15) is 0 Å². The first-order chi connectivity index (χ1) is 4.81. The number of thiocarbonyl (C=S) groups is 1. The Balaban J connectivity index is 3.24. The summed E-state index contributed by atoms with van der Waals surface area (Å²) in [5.74, 6) is 0. The second kappa shape index (κ2) is 6.03. The molecule has 3 N–H and O–H groups in total. The molecule has 1 amide bonds. The molecule has 5 heteroatoms. The quantitative estimate of drug-likeness (QED) is 0.220. The van der Waals surface area contributed by atoms with Crippen molar-refractivity contribution < 1.29 is 4.79 Å². The number of nitrogens with one attached hydrogen (secondary N) is 3. The Morgan fingerprint density at radius 3 is 2.90 bits per heavy atom. The third-order valence-electron chi connectivity index (χ3n) is 0.652. The van der Waals surface area contributed by atoms with Gasteiger partial charge in [0.15, 0.2) is 5.11 Å². The maximum Gasteiger partial charge on any atom is 0.225 e. The van der Waals surface area contributed by atoms with E-state index in [1.807, 2.05) is 0 Å². The van der Waals surface area contributed by atoms with Crippen LogP contribution < -0.4 is 16.2 Å². The van der Waals surface area contributed by atoms with E-state index in [9.17, 15) is 4.79 Å². The summed E-state index contributed by atoms with van der Waals surface area (Å²) in [6.45, 7) is 4.05. The summed E-state index contributed by atoms with van der Waals surface area (Å²) in [5, 5.41) is 3.12. The van der Waals surface area contributed by atoms with E-state index >= 15 is 0 Å². The molecule has 0 saturated heterocycles. The zero-order chi connectivity index (χ0) is 7.82. The van der Waals surface area contributed by atoms with Gasteiger partial charge in [0.2, 0.25) is 6.41 Å². The second-order valence-electron chi connectivity index (χ2n) is 1.39. The van der Waals surface area contributed by atoms with Crippen molar-refractivity contribution in [1.29, 1.82) is 0 Å². The lowest BCUT2D eigenvalue weighted by Crippen LogP contribution is -2.43. The van der Waals surface area contributed by atoms with Crippen LogP contribution in [0.15, 0.2) is 12.7 Å². The normalized spacial score (nSPS) is 7.60. The number of carbonyl (C=O) groups excluding carboxylic acids is 1. The highest BCUT2D eigenvalue weighted by Gasteiger charge is 1.86. The third kappa shape index (κ3) is 5.04. The van der Waals surface area contributed by atoms with Gasteiger partial charge < -0.3 is 5.32 Å². The van der Waals surface area contributed by atoms with Crippen LogP contribution in [0.1, 0.15) is 0 Å². The number of hydrogen-bond donors (Lipinski definition) is 3. The van der Waals surface area contributed by atoms with Crippen molar-refractivity contribution in [3.8, 4) is 0 Å². The Morgan fingerprint density at radius 1 is 1.70 bits per heavy atom. The molecule has 0 fully saturated rings. The first-order valence-electron chi connectivity index (χ1n) is 2.65. The van der Waals surface area contributed by atoms with Gasteiger partial charge in [-0.3, -0.25) is 15.6 Å². The van der Waals surface area contributed by atoms with E-state index < -0.39 is 0 Å². The lowest BCUT2D eigenvalue weighted by Gasteiger charge is -2.05. The average molecular weight is 159 g/mol. The molecule has 0 atom stereocenters. The van der Waals surface area contributed by atoms with E-state index in [1.54, 1.807) is 6.08 Å². The molecule has 0 aromatic rings. The third-order valence-corrected chi connectivity index (χ3v) is 0.898. The molecule has 0 aliphatic rings. The van der Waals surface area contributed by atoms with Gasteiger partial charge in [0.1, 0.15) is 0 Å². The molecule has 0 spiro atoms. The van der Waals surface area contributed by atoms with Crippen LogP contribution in [0.2, 0.25) is 0 Å². The van der Waals surface area contributed by atoms with Crippen LogP contribution in [0.3, 0.4) is 0 Å².